The van der Waals surface area contributed by atoms with Crippen LogP contribution in [-0.4, -0.2) is 41.3 Å². The Morgan fingerprint density at radius 3 is 2.22 bits per heavy atom. The molecule has 37 heavy (non-hydrogen) atoms. The van der Waals surface area contributed by atoms with Gasteiger partial charge < -0.3 is 19.5 Å². The Hall–Kier alpha value is -2.36. The normalized spacial score (nSPS) is 12.4. The summed E-state index contributed by atoms with van der Waals surface area (Å²) >= 11 is 0. The zero-order valence-electron chi connectivity index (χ0n) is 22.4. The van der Waals surface area contributed by atoms with E-state index in [1.165, 1.54) is 63.8 Å². The monoisotopic (exact) mass is 538 g/mol. The van der Waals surface area contributed by atoms with E-state index in [9.17, 15) is 12.8 Å². The van der Waals surface area contributed by atoms with Gasteiger partial charge in [0.1, 0.15) is 23.1 Å². The minimum atomic E-state index is -3.89. The first-order chi connectivity index (χ1) is 17.7. The number of sulfonamides is 1. The molecule has 0 spiro atoms. The van der Waals surface area contributed by atoms with Crippen molar-refractivity contribution in [2.75, 3.05) is 26.9 Å². The van der Waals surface area contributed by atoms with Crippen molar-refractivity contribution >= 4 is 10.0 Å². The van der Waals surface area contributed by atoms with Crippen molar-refractivity contribution in [2.24, 2.45) is 5.14 Å². The number of nitrogens with two attached hydrogens (primary N) is 1. The molecule has 0 radical (unpaired) electrons. The van der Waals surface area contributed by atoms with Gasteiger partial charge in [0.25, 0.3) is 0 Å². The van der Waals surface area contributed by atoms with Gasteiger partial charge in [-0.05, 0) is 49.6 Å². The van der Waals surface area contributed by atoms with Crippen molar-refractivity contribution in [1.29, 1.82) is 0 Å². The maximum atomic E-state index is 13.8. The summed E-state index contributed by atoms with van der Waals surface area (Å²) < 4.78 is 54.2. The van der Waals surface area contributed by atoms with E-state index in [-0.39, 0.29) is 22.5 Å². The lowest BCUT2D eigenvalue weighted by Crippen LogP contribution is -2.32. The van der Waals surface area contributed by atoms with Crippen LogP contribution in [0.15, 0.2) is 41.3 Å². The summed E-state index contributed by atoms with van der Waals surface area (Å²) in [5.41, 5.74) is 0.813. The number of primary sulfonamides is 1. The Bertz CT molecular complexity index is 1050. The first-order valence-corrected chi connectivity index (χ1v) is 14.8. The summed E-state index contributed by atoms with van der Waals surface area (Å²) in [5, 5.41) is 8.64. The van der Waals surface area contributed by atoms with Crippen LogP contribution in [0.4, 0.5) is 4.39 Å². The summed E-state index contributed by atoms with van der Waals surface area (Å²) in [7, 11) is -2.49. The number of hydrogen-bond acceptors (Lipinski definition) is 6. The van der Waals surface area contributed by atoms with Crippen molar-refractivity contribution in [1.82, 2.24) is 5.32 Å². The van der Waals surface area contributed by atoms with Gasteiger partial charge in [0, 0.05) is 18.7 Å². The van der Waals surface area contributed by atoms with Crippen LogP contribution in [0.3, 0.4) is 0 Å². The van der Waals surface area contributed by atoms with Crippen LogP contribution in [0.1, 0.15) is 70.8 Å². The number of rotatable bonds is 19. The molecule has 0 bridgehead atoms. The van der Waals surface area contributed by atoms with Crippen LogP contribution in [0.2, 0.25) is 0 Å². The predicted molar refractivity (Wildman–Crippen MR) is 146 cm³/mol. The fourth-order valence-electron chi connectivity index (χ4n) is 4.09. The number of halogens is 1. The van der Waals surface area contributed by atoms with Crippen LogP contribution in [-0.2, 0) is 16.4 Å². The van der Waals surface area contributed by atoms with Crippen LogP contribution in [0.25, 0.3) is 0 Å². The lowest BCUT2D eigenvalue weighted by atomic mass is 10.1. The van der Waals surface area contributed by atoms with E-state index >= 15 is 0 Å². The van der Waals surface area contributed by atoms with Gasteiger partial charge in [0.15, 0.2) is 11.5 Å². The quantitative estimate of drug-likeness (QED) is 0.226. The molecule has 1 unspecified atom stereocenters. The largest absolute Gasteiger partial charge is 0.495 e. The molecular weight excluding hydrogens is 495 g/mol. The maximum Gasteiger partial charge on any atom is 0.241 e. The second kappa shape index (κ2) is 16.5. The van der Waals surface area contributed by atoms with Crippen molar-refractivity contribution in [3.8, 4) is 17.2 Å². The van der Waals surface area contributed by atoms with Crippen LogP contribution >= 0.6 is 0 Å². The molecule has 0 fully saturated rings. The highest BCUT2D eigenvalue weighted by atomic mass is 32.2. The summed E-state index contributed by atoms with van der Waals surface area (Å²) in [6.07, 6.45) is 10.3. The molecule has 0 aliphatic rings. The third-order valence-electron chi connectivity index (χ3n) is 6.09. The molecule has 0 heterocycles. The third-order valence-corrected chi connectivity index (χ3v) is 7.02. The van der Waals surface area contributed by atoms with E-state index in [4.69, 9.17) is 19.3 Å². The zero-order chi connectivity index (χ0) is 27.1. The number of nitrogens with one attached hydrogen (secondary N) is 1. The molecule has 2 aromatic carbocycles. The van der Waals surface area contributed by atoms with Gasteiger partial charge in [-0.1, -0.05) is 57.9 Å². The second-order valence-electron chi connectivity index (χ2n) is 9.35. The summed E-state index contributed by atoms with van der Waals surface area (Å²) in [6, 6.07) is 9.31. The molecule has 0 aliphatic heterocycles. The van der Waals surface area contributed by atoms with Gasteiger partial charge in [0.2, 0.25) is 10.0 Å². The average molecular weight is 539 g/mol. The van der Waals surface area contributed by atoms with Gasteiger partial charge >= 0.3 is 0 Å². The van der Waals surface area contributed by atoms with E-state index in [0.717, 1.165) is 18.4 Å². The van der Waals surface area contributed by atoms with Crippen molar-refractivity contribution < 1.29 is 27.0 Å². The average Bonchev–Trinajstić information content (AvgIpc) is 2.86. The molecule has 0 saturated carbocycles. The fraction of sp³-hybridized carbons (Fsp3) is 0.571. The second-order valence-corrected chi connectivity index (χ2v) is 10.9. The first kappa shape index (κ1) is 30.9. The first-order valence-electron chi connectivity index (χ1n) is 13.2. The molecule has 2 rings (SSSR count). The molecule has 0 aromatic heterocycles. The molecule has 2 aromatic rings. The van der Waals surface area contributed by atoms with Crippen LogP contribution in [0, 0.1) is 5.82 Å². The summed E-state index contributed by atoms with van der Waals surface area (Å²) in [6.45, 7) is 5.64. The fourth-order valence-corrected chi connectivity index (χ4v) is 4.84. The number of hydrogen-bond donors (Lipinski definition) is 2. The highest BCUT2D eigenvalue weighted by molar-refractivity contribution is 7.89. The number of ether oxygens (including phenoxy) is 3. The zero-order valence-corrected chi connectivity index (χ0v) is 23.2. The predicted octanol–water partition coefficient (Wildman–Crippen LogP) is 5.60. The SMILES string of the molecule is CCCCCCCCCCOc1ccc(F)cc1OCCNC(C)Cc1ccc(OC)c(S(N)(=O)=O)c1. The molecule has 3 N–H and O–H groups in total. The molecule has 1 atom stereocenters. The van der Waals surface area contributed by atoms with E-state index in [1.807, 2.05) is 13.0 Å². The third kappa shape index (κ3) is 11.7. The number of methoxy groups -OCH3 is 1. The smallest absolute Gasteiger partial charge is 0.241 e. The lowest BCUT2D eigenvalue weighted by Gasteiger charge is -2.17. The van der Waals surface area contributed by atoms with E-state index in [1.54, 1.807) is 12.1 Å². The molecule has 7 nitrogen and oxygen atoms in total. The molecular formula is C28H43FN2O5S. The Morgan fingerprint density at radius 2 is 1.54 bits per heavy atom. The van der Waals surface area contributed by atoms with Crippen LogP contribution < -0.4 is 24.7 Å². The van der Waals surface area contributed by atoms with Crippen molar-refractivity contribution in [3.63, 3.8) is 0 Å². The Labute approximate surface area is 221 Å². The van der Waals surface area contributed by atoms with Gasteiger partial charge in [-0.15, -0.1) is 0 Å². The summed E-state index contributed by atoms with van der Waals surface area (Å²) in [5.74, 6) is 0.782. The summed E-state index contributed by atoms with van der Waals surface area (Å²) in [4.78, 5) is -0.0337. The minimum Gasteiger partial charge on any atom is -0.495 e. The van der Waals surface area contributed by atoms with E-state index in [0.29, 0.717) is 37.7 Å². The Kier molecular flexibility index (Phi) is 13.7. The van der Waals surface area contributed by atoms with Gasteiger partial charge in [-0.2, -0.15) is 0 Å². The number of benzene rings is 2. The topological polar surface area (TPSA) is 99.9 Å². The Balaban J connectivity index is 1.75. The maximum absolute atomic E-state index is 13.8. The minimum absolute atomic E-state index is 0.0337. The molecule has 9 heteroatoms. The van der Waals surface area contributed by atoms with Gasteiger partial charge in [-0.25, -0.2) is 17.9 Å². The highest BCUT2D eigenvalue weighted by Gasteiger charge is 2.16. The van der Waals surface area contributed by atoms with E-state index < -0.39 is 10.0 Å². The van der Waals surface area contributed by atoms with Crippen LogP contribution in [0.5, 0.6) is 17.2 Å². The standard InChI is InChI=1S/C28H43FN2O5S/c1-4-5-6-7-8-9-10-11-17-35-25-15-13-24(29)21-27(25)36-18-16-31-22(2)19-23-12-14-26(34-3)28(20-23)37(30,32)33/h12-15,20-22,31H,4-11,16-19H2,1-3H3,(H2,30,32,33). The van der Waals surface area contributed by atoms with Gasteiger partial charge in [0.05, 0.1) is 13.7 Å². The highest BCUT2D eigenvalue weighted by Crippen LogP contribution is 2.28. The molecule has 0 saturated heterocycles. The van der Waals surface area contributed by atoms with Crippen molar-refractivity contribution in [3.05, 3.63) is 47.8 Å². The number of unbranched alkanes of at least 4 members (excludes halogenated alkanes) is 7. The van der Waals surface area contributed by atoms with E-state index in [2.05, 4.69) is 12.2 Å². The van der Waals surface area contributed by atoms with Crippen molar-refractivity contribution in [2.45, 2.75) is 82.6 Å². The Morgan fingerprint density at radius 1 is 0.892 bits per heavy atom. The van der Waals surface area contributed by atoms with Gasteiger partial charge in [-0.3, -0.25) is 0 Å². The molecule has 0 amide bonds. The molecule has 208 valence electrons. The lowest BCUT2D eigenvalue weighted by molar-refractivity contribution is 0.259. The molecule has 0 aliphatic carbocycles.